The third kappa shape index (κ3) is 4.68. The predicted octanol–water partition coefficient (Wildman–Crippen LogP) is 4.16. The lowest BCUT2D eigenvalue weighted by atomic mass is 10.1. The van der Waals surface area contributed by atoms with Crippen molar-refractivity contribution >= 4 is 17.7 Å². The molecule has 0 heterocycles. The first-order chi connectivity index (χ1) is 11.5. The van der Waals surface area contributed by atoms with Crippen LogP contribution in [0, 0.1) is 17.1 Å². The van der Waals surface area contributed by atoms with Crippen molar-refractivity contribution in [2.24, 2.45) is 0 Å². The molecule has 0 spiro atoms. The molecule has 2 aromatic rings. The van der Waals surface area contributed by atoms with Gasteiger partial charge in [-0.2, -0.15) is 5.26 Å². The largest absolute Gasteiger partial charge is 0.491 e. The summed E-state index contributed by atoms with van der Waals surface area (Å²) in [5.74, 6) is -0.514. The van der Waals surface area contributed by atoms with Crippen molar-refractivity contribution in [3.8, 4) is 11.8 Å². The maximum atomic E-state index is 13.6. The lowest BCUT2D eigenvalue weighted by molar-refractivity contribution is -0.112. The third-order valence-corrected chi connectivity index (χ3v) is 3.05. The van der Waals surface area contributed by atoms with Gasteiger partial charge in [-0.1, -0.05) is 24.3 Å². The number of para-hydroxylation sites is 1. The predicted molar refractivity (Wildman–Crippen MR) is 90.8 cm³/mol. The van der Waals surface area contributed by atoms with E-state index in [9.17, 15) is 14.4 Å². The monoisotopic (exact) mass is 324 g/mol. The molecule has 0 aliphatic rings. The molecule has 0 atom stereocenters. The quantitative estimate of drug-likeness (QED) is 0.663. The van der Waals surface area contributed by atoms with Crippen molar-refractivity contribution in [3.05, 3.63) is 65.5 Å². The van der Waals surface area contributed by atoms with Gasteiger partial charge in [0.05, 0.1) is 11.8 Å². The van der Waals surface area contributed by atoms with Crippen molar-refractivity contribution in [1.29, 1.82) is 5.26 Å². The lowest BCUT2D eigenvalue weighted by Gasteiger charge is -2.09. The number of hydrogen-bond acceptors (Lipinski definition) is 3. The van der Waals surface area contributed by atoms with Gasteiger partial charge in [0.1, 0.15) is 23.2 Å². The fraction of sp³-hybridized carbons (Fsp3) is 0.158. The molecule has 0 unspecified atom stereocenters. The summed E-state index contributed by atoms with van der Waals surface area (Å²) in [6, 6.07) is 14.6. The van der Waals surface area contributed by atoms with Gasteiger partial charge < -0.3 is 10.1 Å². The summed E-state index contributed by atoms with van der Waals surface area (Å²) < 4.78 is 19.1. The van der Waals surface area contributed by atoms with Crippen molar-refractivity contribution in [2.45, 2.75) is 20.0 Å². The van der Waals surface area contributed by atoms with Crippen LogP contribution in [0.25, 0.3) is 6.08 Å². The van der Waals surface area contributed by atoms with Gasteiger partial charge in [0.2, 0.25) is 0 Å². The van der Waals surface area contributed by atoms with Crippen LogP contribution in [-0.2, 0) is 4.79 Å². The van der Waals surface area contributed by atoms with Crippen LogP contribution in [0.1, 0.15) is 19.4 Å². The minimum atomic E-state index is -0.662. The number of nitrogens with one attached hydrogen (secondary N) is 1. The van der Waals surface area contributed by atoms with Crippen LogP contribution in [0.2, 0.25) is 0 Å². The number of rotatable bonds is 5. The SMILES string of the molecule is CC(C)Oc1ccc(/C=C(\C#N)C(=O)Nc2ccccc2F)cc1. The molecular weight excluding hydrogens is 307 g/mol. The maximum absolute atomic E-state index is 13.6. The van der Waals surface area contributed by atoms with Crippen molar-refractivity contribution in [1.82, 2.24) is 0 Å². The van der Waals surface area contributed by atoms with E-state index >= 15 is 0 Å². The highest BCUT2D eigenvalue weighted by atomic mass is 19.1. The molecule has 1 N–H and O–H groups in total. The lowest BCUT2D eigenvalue weighted by Crippen LogP contribution is -2.14. The summed E-state index contributed by atoms with van der Waals surface area (Å²) >= 11 is 0. The highest BCUT2D eigenvalue weighted by molar-refractivity contribution is 6.09. The molecule has 0 bridgehead atoms. The smallest absolute Gasteiger partial charge is 0.266 e. The van der Waals surface area contributed by atoms with Gasteiger partial charge in [0, 0.05) is 0 Å². The average molecular weight is 324 g/mol. The Kier molecular flexibility index (Phi) is 5.69. The van der Waals surface area contributed by atoms with Gasteiger partial charge in [-0.25, -0.2) is 4.39 Å². The summed E-state index contributed by atoms with van der Waals surface area (Å²) in [6.45, 7) is 3.85. The van der Waals surface area contributed by atoms with Crippen molar-refractivity contribution in [3.63, 3.8) is 0 Å². The number of nitriles is 1. The zero-order chi connectivity index (χ0) is 17.5. The summed E-state index contributed by atoms with van der Waals surface area (Å²) in [6.07, 6.45) is 1.50. The van der Waals surface area contributed by atoms with Gasteiger partial charge >= 0.3 is 0 Å². The van der Waals surface area contributed by atoms with Crippen LogP contribution in [0.4, 0.5) is 10.1 Å². The van der Waals surface area contributed by atoms with E-state index in [1.807, 2.05) is 19.9 Å². The number of nitrogens with zero attached hydrogens (tertiary/aromatic N) is 1. The summed E-state index contributed by atoms with van der Waals surface area (Å²) in [5.41, 5.74) is 0.589. The third-order valence-electron chi connectivity index (χ3n) is 3.05. The summed E-state index contributed by atoms with van der Waals surface area (Å²) in [4.78, 5) is 12.1. The Hall–Kier alpha value is -3.13. The Morgan fingerprint density at radius 1 is 1.21 bits per heavy atom. The normalized spacial score (nSPS) is 11.0. The molecule has 0 fully saturated rings. The zero-order valence-corrected chi connectivity index (χ0v) is 13.4. The van der Waals surface area contributed by atoms with Crippen LogP contribution in [0.15, 0.2) is 54.1 Å². The Balaban J connectivity index is 2.15. The second-order valence-electron chi connectivity index (χ2n) is 5.34. The molecule has 4 nitrogen and oxygen atoms in total. The standard InChI is InChI=1S/C19H17FN2O2/c1-13(2)24-16-9-7-14(8-10-16)11-15(12-21)19(23)22-18-6-4-3-5-17(18)20/h3-11,13H,1-2H3,(H,22,23)/b15-11+. The van der Waals surface area contributed by atoms with Crippen LogP contribution in [0.3, 0.4) is 0 Å². The molecule has 0 aromatic heterocycles. The molecular formula is C19H17FN2O2. The molecule has 0 saturated heterocycles. The van der Waals surface area contributed by atoms with Crippen LogP contribution in [0.5, 0.6) is 5.75 Å². The number of benzene rings is 2. The van der Waals surface area contributed by atoms with E-state index in [2.05, 4.69) is 5.32 Å². The molecule has 0 aliphatic heterocycles. The molecule has 1 amide bonds. The Morgan fingerprint density at radius 3 is 2.46 bits per heavy atom. The molecule has 5 heteroatoms. The molecule has 24 heavy (non-hydrogen) atoms. The van der Waals surface area contributed by atoms with E-state index in [0.717, 1.165) is 0 Å². The van der Waals surface area contributed by atoms with E-state index in [1.54, 1.807) is 30.3 Å². The fourth-order valence-electron chi connectivity index (χ4n) is 1.98. The number of halogens is 1. The molecule has 0 aliphatic carbocycles. The number of hydrogen-bond donors (Lipinski definition) is 1. The first-order valence-corrected chi connectivity index (χ1v) is 7.44. The van der Waals surface area contributed by atoms with E-state index in [1.165, 1.54) is 24.3 Å². The fourth-order valence-corrected chi connectivity index (χ4v) is 1.98. The second kappa shape index (κ2) is 7.93. The van der Waals surface area contributed by atoms with E-state index < -0.39 is 11.7 Å². The number of carbonyl (C=O) groups is 1. The van der Waals surface area contributed by atoms with Gasteiger partial charge in [0.15, 0.2) is 0 Å². The number of amides is 1. The number of anilines is 1. The maximum Gasteiger partial charge on any atom is 0.266 e. The minimum absolute atomic E-state index is 0.0318. The number of carbonyl (C=O) groups excluding carboxylic acids is 1. The van der Waals surface area contributed by atoms with E-state index in [-0.39, 0.29) is 17.4 Å². The summed E-state index contributed by atoms with van der Waals surface area (Å²) in [7, 11) is 0. The summed E-state index contributed by atoms with van der Waals surface area (Å²) in [5, 5.41) is 11.6. The molecule has 122 valence electrons. The molecule has 0 saturated carbocycles. The van der Waals surface area contributed by atoms with Crippen LogP contribution < -0.4 is 10.1 Å². The topological polar surface area (TPSA) is 62.1 Å². The second-order valence-corrected chi connectivity index (χ2v) is 5.34. The molecule has 0 radical (unpaired) electrons. The van der Waals surface area contributed by atoms with Crippen LogP contribution in [-0.4, -0.2) is 12.0 Å². The van der Waals surface area contributed by atoms with Gasteiger partial charge in [-0.15, -0.1) is 0 Å². The first kappa shape index (κ1) is 17.2. The Bertz CT molecular complexity index is 790. The minimum Gasteiger partial charge on any atom is -0.491 e. The first-order valence-electron chi connectivity index (χ1n) is 7.44. The van der Waals surface area contributed by atoms with E-state index in [4.69, 9.17) is 4.74 Å². The Labute approximate surface area is 140 Å². The highest BCUT2D eigenvalue weighted by Gasteiger charge is 2.11. The Morgan fingerprint density at radius 2 is 1.88 bits per heavy atom. The van der Waals surface area contributed by atoms with Crippen LogP contribution >= 0.6 is 0 Å². The van der Waals surface area contributed by atoms with Gasteiger partial charge in [-0.3, -0.25) is 4.79 Å². The molecule has 2 aromatic carbocycles. The molecule has 2 rings (SSSR count). The average Bonchev–Trinajstić information content (AvgIpc) is 2.55. The van der Waals surface area contributed by atoms with E-state index in [0.29, 0.717) is 11.3 Å². The van der Waals surface area contributed by atoms with Crippen molar-refractivity contribution < 1.29 is 13.9 Å². The van der Waals surface area contributed by atoms with Gasteiger partial charge in [-0.05, 0) is 49.8 Å². The van der Waals surface area contributed by atoms with Gasteiger partial charge in [0.25, 0.3) is 5.91 Å². The van der Waals surface area contributed by atoms with Crippen molar-refractivity contribution in [2.75, 3.05) is 5.32 Å². The zero-order valence-electron chi connectivity index (χ0n) is 13.4. The number of ether oxygens (including phenoxy) is 1. The highest BCUT2D eigenvalue weighted by Crippen LogP contribution is 2.17.